The van der Waals surface area contributed by atoms with Crippen molar-refractivity contribution >= 4 is 5.69 Å². The Morgan fingerprint density at radius 2 is 2.33 bits per heavy atom. The first-order valence-electron chi connectivity index (χ1n) is 4.23. The molecule has 0 aliphatic rings. The fourth-order valence-electron chi connectivity index (χ4n) is 1.18. The summed E-state index contributed by atoms with van der Waals surface area (Å²) in [5.74, 6) is 0.275. The minimum Gasteiger partial charge on any atom is -0.496 e. The number of nitrogens with zero attached hydrogens (tertiary/aromatic N) is 1. The molecule has 0 fully saturated rings. The monoisotopic (exact) mass is 209 g/mol. The number of aliphatic hydroxyl groups excluding tert-OH is 1. The SMILES string of the molecule is C=CC(O)c1ccc([N+](=O)[O-])cc1OC. The van der Waals surface area contributed by atoms with Crippen LogP contribution in [0.1, 0.15) is 11.7 Å². The van der Waals surface area contributed by atoms with Crippen molar-refractivity contribution in [2.75, 3.05) is 7.11 Å². The molecule has 0 saturated carbocycles. The van der Waals surface area contributed by atoms with Crippen molar-refractivity contribution in [1.29, 1.82) is 0 Å². The molecule has 0 aliphatic heterocycles. The van der Waals surface area contributed by atoms with Gasteiger partial charge in [-0.3, -0.25) is 10.1 Å². The number of aliphatic hydroxyl groups is 1. The molecule has 1 aromatic rings. The zero-order valence-electron chi connectivity index (χ0n) is 8.21. The van der Waals surface area contributed by atoms with Crippen molar-refractivity contribution in [3.05, 3.63) is 46.5 Å². The van der Waals surface area contributed by atoms with E-state index in [1.807, 2.05) is 0 Å². The van der Waals surface area contributed by atoms with Crippen molar-refractivity contribution < 1.29 is 14.8 Å². The lowest BCUT2D eigenvalue weighted by molar-refractivity contribution is -0.384. The van der Waals surface area contributed by atoms with Crippen molar-refractivity contribution in [3.8, 4) is 5.75 Å². The molecule has 1 unspecified atom stereocenters. The molecule has 15 heavy (non-hydrogen) atoms. The highest BCUT2D eigenvalue weighted by molar-refractivity contribution is 5.46. The van der Waals surface area contributed by atoms with Crippen molar-refractivity contribution in [2.24, 2.45) is 0 Å². The molecule has 80 valence electrons. The summed E-state index contributed by atoms with van der Waals surface area (Å²) >= 11 is 0. The van der Waals surface area contributed by atoms with Crippen LogP contribution in [0.4, 0.5) is 5.69 Å². The van der Waals surface area contributed by atoms with Crippen LogP contribution in [0.5, 0.6) is 5.75 Å². The summed E-state index contributed by atoms with van der Waals surface area (Å²) in [4.78, 5) is 9.97. The van der Waals surface area contributed by atoms with Gasteiger partial charge in [0.05, 0.1) is 18.1 Å². The average molecular weight is 209 g/mol. The quantitative estimate of drug-likeness (QED) is 0.466. The van der Waals surface area contributed by atoms with E-state index in [-0.39, 0.29) is 11.4 Å². The maximum absolute atomic E-state index is 10.5. The van der Waals surface area contributed by atoms with Gasteiger partial charge in [0, 0.05) is 11.6 Å². The van der Waals surface area contributed by atoms with Gasteiger partial charge in [0.1, 0.15) is 11.9 Å². The lowest BCUT2D eigenvalue weighted by Gasteiger charge is -2.10. The van der Waals surface area contributed by atoms with Crippen LogP contribution in [0.3, 0.4) is 0 Å². The highest BCUT2D eigenvalue weighted by Crippen LogP contribution is 2.29. The Morgan fingerprint density at radius 1 is 1.67 bits per heavy atom. The Labute approximate surface area is 86.8 Å². The minimum atomic E-state index is -0.888. The van der Waals surface area contributed by atoms with E-state index >= 15 is 0 Å². The van der Waals surface area contributed by atoms with Crippen LogP contribution in [-0.4, -0.2) is 17.1 Å². The Balaban J connectivity index is 3.20. The molecule has 0 spiro atoms. The summed E-state index contributed by atoms with van der Waals surface area (Å²) in [7, 11) is 1.39. The van der Waals surface area contributed by atoms with Crippen LogP contribution in [0.15, 0.2) is 30.9 Å². The van der Waals surface area contributed by atoms with Gasteiger partial charge in [0.25, 0.3) is 5.69 Å². The fraction of sp³-hybridized carbons (Fsp3) is 0.200. The zero-order valence-corrected chi connectivity index (χ0v) is 8.21. The van der Waals surface area contributed by atoms with Crippen LogP contribution < -0.4 is 4.74 Å². The van der Waals surface area contributed by atoms with Gasteiger partial charge in [0.2, 0.25) is 0 Å². The summed E-state index contributed by atoms with van der Waals surface area (Å²) in [6.45, 7) is 3.43. The molecule has 0 amide bonds. The first-order valence-corrected chi connectivity index (χ1v) is 4.23. The van der Waals surface area contributed by atoms with Crippen LogP contribution >= 0.6 is 0 Å². The number of ether oxygens (including phenoxy) is 1. The number of non-ortho nitro benzene ring substituents is 1. The van der Waals surface area contributed by atoms with Crippen molar-refractivity contribution in [2.45, 2.75) is 6.10 Å². The molecular formula is C10H11NO4. The second kappa shape index (κ2) is 4.56. The molecule has 1 N–H and O–H groups in total. The van der Waals surface area contributed by atoms with E-state index in [2.05, 4.69) is 6.58 Å². The van der Waals surface area contributed by atoms with E-state index in [1.54, 1.807) is 0 Å². The molecule has 0 saturated heterocycles. The third-order valence-corrected chi connectivity index (χ3v) is 1.97. The number of benzene rings is 1. The third-order valence-electron chi connectivity index (χ3n) is 1.97. The summed E-state index contributed by atoms with van der Waals surface area (Å²) in [5.41, 5.74) is 0.380. The number of nitro groups is 1. The highest BCUT2D eigenvalue weighted by atomic mass is 16.6. The maximum atomic E-state index is 10.5. The molecule has 0 bridgehead atoms. The van der Waals surface area contributed by atoms with Gasteiger partial charge in [-0.2, -0.15) is 0 Å². The predicted octanol–water partition coefficient (Wildman–Crippen LogP) is 1.82. The summed E-state index contributed by atoms with van der Waals surface area (Å²) < 4.78 is 4.95. The first-order chi connectivity index (χ1) is 7.10. The van der Waals surface area contributed by atoms with Crippen LogP contribution in [-0.2, 0) is 0 Å². The zero-order chi connectivity index (χ0) is 11.4. The van der Waals surface area contributed by atoms with Crippen LogP contribution in [0, 0.1) is 10.1 Å². The number of hydrogen-bond acceptors (Lipinski definition) is 4. The molecule has 5 heteroatoms. The van der Waals surface area contributed by atoms with E-state index in [9.17, 15) is 15.2 Å². The van der Waals surface area contributed by atoms with Gasteiger partial charge in [-0.25, -0.2) is 0 Å². The van der Waals surface area contributed by atoms with Gasteiger partial charge in [-0.05, 0) is 6.07 Å². The number of hydrogen-bond donors (Lipinski definition) is 1. The summed E-state index contributed by atoms with van der Waals surface area (Å²) in [5, 5.41) is 20.0. The molecule has 1 atom stereocenters. The average Bonchev–Trinajstić information content (AvgIpc) is 2.27. The third kappa shape index (κ3) is 2.32. The largest absolute Gasteiger partial charge is 0.496 e. The maximum Gasteiger partial charge on any atom is 0.273 e. The van der Waals surface area contributed by atoms with Crippen molar-refractivity contribution in [1.82, 2.24) is 0 Å². The lowest BCUT2D eigenvalue weighted by atomic mass is 10.1. The molecule has 0 aliphatic carbocycles. The van der Waals surface area contributed by atoms with E-state index in [4.69, 9.17) is 4.74 Å². The Hall–Kier alpha value is -1.88. The normalized spacial score (nSPS) is 11.9. The molecule has 1 aromatic carbocycles. The Bertz CT molecular complexity index is 389. The first kappa shape index (κ1) is 11.2. The number of nitro benzene ring substituents is 1. The Kier molecular flexibility index (Phi) is 3.41. The summed E-state index contributed by atoms with van der Waals surface area (Å²) in [6, 6.07) is 4.02. The molecule has 0 aromatic heterocycles. The number of methoxy groups -OCH3 is 1. The smallest absolute Gasteiger partial charge is 0.273 e. The van der Waals surface area contributed by atoms with E-state index < -0.39 is 11.0 Å². The molecular weight excluding hydrogens is 198 g/mol. The van der Waals surface area contributed by atoms with E-state index in [0.29, 0.717) is 5.56 Å². The number of rotatable bonds is 4. The molecule has 1 rings (SSSR count). The van der Waals surface area contributed by atoms with Crippen LogP contribution in [0.2, 0.25) is 0 Å². The van der Waals surface area contributed by atoms with E-state index in [1.165, 1.54) is 31.4 Å². The fourth-order valence-corrected chi connectivity index (χ4v) is 1.18. The van der Waals surface area contributed by atoms with E-state index in [0.717, 1.165) is 0 Å². The van der Waals surface area contributed by atoms with Crippen LogP contribution in [0.25, 0.3) is 0 Å². The molecule has 5 nitrogen and oxygen atoms in total. The second-order valence-electron chi connectivity index (χ2n) is 2.86. The van der Waals surface area contributed by atoms with Crippen molar-refractivity contribution in [3.63, 3.8) is 0 Å². The minimum absolute atomic E-state index is 0.0770. The molecule has 0 heterocycles. The predicted molar refractivity (Wildman–Crippen MR) is 54.8 cm³/mol. The van der Waals surface area contributed by atoms with Gasteiger partial charge in [0.15, 0.2) is 0 Å². The van der Waals surface area contributed by atoms with Gasteiger partial charge in [-0.1, -0.05) is 6.08 Å². The topological polar surface area (TPSA) is 72.6 Å². The summed E-state index contributed by atoms with van der Waals surface area (Å²) in [6.07, 6.45) is 0.435. The standard InChI is InChI=1S/C10H11NO4/c1-3-9(12)8-5-4-7(11(13)14)6-10(8)15-2/h3-6,9,12H,1H2,2H3. The lowest BCUT2D eigenvalue weighted by Crippen LogP contribution is -1.98. The van der Waals surface area contributed by atoms with Gasteiger partial charge < -0.3 is 9.84 Å². The van der Waals surface area contributed by atoms with Gasteiger partial charge >= 0.3 is 0 Å². The highest BCUT2D eigenvalue weighted by Gasteiger charge is 2.14. The second-order valence-corrected chi connectivity index (χ2v) is 2.86. The Morgan fingerprint density at radius 3 is 2.80 bits per heavy atom. The van der Waals surface area contributed by atoms with Gasteiger partial charge in [-0.15, -0.1) is 6.58 Å². The molecule has 0 radical (unpaired) electrons.